The van der Waals surface area contributed by atoms with Crippen molar-refractivity contribution in [3.8, 4) is 11.5 Å². The van der Waals surface area contributed by atoms with Crippen LogP contribution in [-0.2, 0) is 4.74 Å². The van der Waals surface area contributed by atoms with Crippen LogP contribution in [0, 0.1) is 0 Å². The van der Waals surface area contributed by atoms with Crippen molar-refractivity contribution in [2.24, 2.45) is 0 Å². The molecular formula is C22H26F3NO3. The Hall–Kier alpha value is -2.28. The van der Waals surface area contributed by atoms with E-state index >= 15 is 0 Å². The normalized spacial score (nSPS) is 20.7. The van der Waals surface area contributed by atoms with Gasteiger partial charge in [-0.3, -0.25) is 4.98 Å². The van der Waals surface area contributed by atoms with E-state index in [2.05, 4.69) is 23.6 Å². The number of ether oxygens (including phenoxy) is 3. The van der Waals surface area contributed by atoms with Crippen molar-refractivity contribution in [1.29, 1.82) is 0 Å². The number of alkyl halides is 3. The van der Waals surface area contributed by atoms with Gasteiger partial charge in [-0.15, -0.1) is 13.2 Å². The Balaban J connectivity index is 1.52. The highest BCUT2D eigenvalue weighted by molar-refractivity contribution is 5.31. The maximum Gasteiger partial charge on any atom is 0.573 e. The van der Waals surface area contributed by atoms with Gasteiger partial charge in [0.15, 0.2) is 0 Å². The van der Waals surface area contributed by atoms with Gasteiger partial charge in [-0.2, -0.15) is 0 Å². The Labute approximate surface area is 169 Å². The van der Waals surface area contributed by atoms with Gasteiger partial charge >= 0.3 is 6.36 Å². The summed E-state index contributed by atoms with van der Waals surface area (Å²) >= 11 is 0. The van der Waals surface area contributed by atoms with E-state index in [9.17, 15) is 13.2 Å². The summed E-state index contributed by atoms with van der Waals surface area (Å²) in [4.78, 5) is 4.40. The molecule has 1 fully saturated rings. The molecule has 2 unspecified atom stereocenters. The zero-order valence-corrected chi connectivity index (χ0v) is 16.8. The lowest BCUT2D eigenvalue weighted by atomic mass is 9.93. The average molecular weight is 409 g/mol. The molecule has 4 nitrogen and oxygen atoms in total. The van der Waals surface area contributed by atoms with Gasteiger partial charge in [0, 0.05) is 12.1 Å². The lowest BCUT2D eigenvalue weighted by molar-refractivity contribution is -0.274. The zero-order chi connectivity index (χ0) is 21.0. The van der Waals surface area contributed by atoms with Crippen molar-refractivity contribution in [3.63, 3.8) is 0 Å². The van der Waals surface area contributed by atoms with Gasteiger partial charge in [0.1, 0.15) is 17.6 Å². The maximum absolute atomic E-state index is 12.4. The Morgan fingerprint density at radius 2 is 1.93 bits per heavy atom. The molecule has 0 spiro atoms. The van der Waals surface area contributed by atoms with Gasteiger partial charge < -0.3 is 14.2 Å². The van der Waals surface area contributed by atoms with Gasteiger partial charge in [0.25, 0.3) is 0 Å². The number of nitrogens with zero attached hydrogens (tertiary/aromatic N) is 1. The summed E-state index contributed by atoms with van der Waals surface area (Å²) in [5.74, 6) is 0.911. The Morgan fingerprint density at radius 3 is 2.59 bits per heavy atom. The molecule has 3 atom stereocenters. The highest BCUT2D eigenvalue weighted by atomic mass is 19.4. The van der Waals surface area contributed by atoms with E-state index in [1.165, 1.54) is 12.1 Å². The standard InChI is InChI=1S/C22H26F3NO3/c1-14(2)21-8-7-18(12-26-21)28-20-11-19(27-13-20)9-15(3)16-5-4-6-17(10-16)29-22(23,24)25/h4-8,10,12,14-15,19-20H,9,11,13H2,1-3H3/t15?,19?,20-/m0/s1. The minimum absolute atomic E-state index is 0.00918. The van der Waals surface area contributed by atoms with Gasteiger partial charge in [0.2, 0.25) is 0 Å². The van der Waals surface area contributed by atoms with E-state index in [-0.39, 0.29) is 23.9 Å². The van der Waals surface area contributed by atoms with Crippen molar-refractivity contribution in [2.45, 2.75) is 64.0 Å². The van der Waals surface area contributed by atoms with Crippen molar-refractivity contribution < 1.29 is 27.4 Å². The summed E-state index contributed by atoms with van der Waals surface area (Å²) in [6.45, 7) is 6.63. The van der Waals surface area contributed by atoms with E-state index in [0.717, 1.165) is 17.7 Å². The number of pyridine rings is 1. The first kappa shape index (κ1) is 21.4. The molecule has 0 aliphatic carbocycles. The van der Waals surface area contributed by atoms with E-state index in [0.29, 0.717) is 24.7 Å². The van der Waals surface area contributed by atoms with Crippen LogP contribution in [0.5, 0.6) is 11.5 Å². The van der Waals surface area contributed by atoms with Crippen LogP contribution < -0.4 is 9.47 Å². The molecule has 3 rings (SSSR count). The predicted molar refractivity (Wildman–Crippen MR) is 103 cm³/mol. The average Bonchev–Trinajstić information content (AvgIpc) is 3.07. The van der Waals surface area contributed by atoms with Crippen LogP contribution in [0.15, 0.2) is 42.6 Å². The number of aromatic nitrogens is 1. The van der Waals surface area contributed by atoms with E-state index in [1.54, 1.807) is 18.3 Å². The minimum atomic E-state index is -4.69. The molecular weight excluding hydrogens is 383 g/mol. The minimum Gasteiger partial charge on any atom is -0.486 e. The summed E-state index contributed by atoms with van der Waals surface area (Å²) in [5, 5.41) is 0. The first-order chi connectivity index (χ1) is 13.7. The molecule has 1 aliphatic rings. The van der Waals surface area contributed by atoms with Gasteiger partial charge in [0.05, 0.1) is 18.9 Å². The summed E-state index contributed by atoms with van der Waals surface area (Å²) in [5.41, 5.74) is 1.80. The SMILES string of the molecule is CC(C)c1ccc(O[C@@H]2COC(CC(C)c3cccc(OC(F)(F)F)c3)C2)cn1. The summed E-state index contributed by atoms with van der Waals surface area (Å²) < 4.78 is 53.1. The Morgan fingerprint density at radius 1 is 1.14 bits per heavy atom. The fraction of sp³-hybridized carbons (Fsp3) is 0.500. The van der Waals surface area contributed by atoms with Gasteiger partial charge in [-0.1, -0.05) is 32.9 Å². The fourth-order valence-electron chi connectivity index (χ4n) is 3.46. The predicted octanol–water partition coefficient (Wildman–Crippen LogP) is 5.83. The molecule has 0 N–H and O–H groups in total. The number of benzene rings is 1. The molecule has 1 aromatic carbocycles. The van der Waals surface area contributed by atoms with Crippen molar-refractivity contribution in [3.05, 3.63) is 53.9 Å². The van der Waals surface area contributed by atoms with Crippen LogP contribution in [0.2, 0.25) is 0 Å². The first-order valence-electron chi connectivity index (χ1n) is 9.79. The first-order valence-corrected chi connectivity index (χ1v) is 9.79. The fourth-order valence-corrected chi connectivity index (χ4v) is 3.46. The van der Waals surface area contributed by atoms with Crippen LogP contribution in [-0.4, -0.2) is 30.2 Å². The molecule has 7 heteroatoms. The van der Waals surface area contributed by atoms with E-state index in [1.807, 2.05) is 19.1 Å². The summed E-state index contributed by atoms with van der Waals surface area (Å²) in [6, 6.07) is 10.00. The van der Waals surface area contributed by atoms with Gasteiger partial charge in [-0.05, 0) is 48.1 Å². The van der Waals surface area contributed by atoms with E-state index in [4.69, 9.17) is 9.47 Å². The van der Waals surface area contributed by atoms with Crippen LogP contribution in [0.3, 0.4) is 0 Å². The highest BCUT2D eigenvalue weighted by Crippen LogP contribution is 2.31. The summed E-state index contributed by atoms with van der Waals surface area (Å²) in [6.07, 6.45) is -1.60. The second-order valence-electron chi connectivity index (χ2n) is 7.76. The molecule has 0 bridgehead atoms. The van der Waals surface area contributed by atoms with E-state index < -0.39 is 6.36 Å². The zero-order valence-electron chi connectivity index (χ0n) is 16.8. The Kier molecular flexibility index (Phi) is 6.67. The molecule has 2 heterocycles. The largest absolute Gasteiger partial charge is 0.573 e. The maximum atomic E-state index is 12.4. The number of rotatable bonds is 7. The van der Waals surface area contributed by atoms with Crippen LogP contribution >= 0.6 is 0 Å². The quantitative estimate of drug-likeness (QED) is 0.577. The van der Waals surface area contributed by atoms with Crippen molar-refractivity contribution in [2.75, 3.05) is 6.61 Å². The lowest BCUT2D eigenvalue weighted by Crippen LogP contribution is -2.18. The molecule has 0 amide bonds. The second kappa shape index (κ2) is 9.03. The molecule has 1 aromatic heterocycles. The highest BCUT2D eigenvalue weighted by Gasteiger charge is 2.32. The molecule has 0 saturated carbocycles. The molecule has 29 heavy (non-hydrogen) atoms. The van der Waals surface area contributed by atoms with Crippen molar-refractivity contribution in [1.82, 2.24) is 4.98 Å². The lowest BCUT2D eigenvalue weighted by Gasteiger charge is -2.18. The van der Waals surface area contributed by atoms with Crippen molar-refractivity contribution >= 4 is 0 Å². The monoisotopic (exact) mass is 409 g/mol. The number of hydrogen-bond acceptors (Lipinski definition) is 4. The molecule has 0 radical (unpaired) electrons. The molecule has 158 valence electrons. The summed E-state index contributed by atoms with van der Waals surface area (Å²) in [7, 11) is 0. The molecule has 1 aliphatic heterocycles. The van der Waals surface area contributed by atoms with Gasteiger partial charge in [-0.25, -0.2) is 0 Å². The van der Waals surface area contributed by atoms with Crippen LogP contribution in [0.1, 0.15) is 56.7 Å². The smallest absolute Gasteiger partial charge is 0.486 e. The van der Waals surface area contributed by atoms with Crippen LogP contribution in [0.25, 0.3) is 0 Å². The topological polar surface area (TPSA) is 40.6 Å². The third-order valence-electron chi connectivity index (χ3n) is 4.97. The number of halogens is 3. The Bertz CT molecular complexity index is 793. The third-order valence-corrected chi connectivity index (χ3v) is 4.97. The molecule has 2 aromatic rings. The second-order valence-corrected chi connectivity index (χ2v) is 7.76. The van der Waals surface area contributed by atoms with Crippen LogP contribution in [0.4, 0.5) is 13.2 Å². The molecule has 1 saturated heterocycles. The third kappa shape index (κ3) is 6.35. The number of hydrogen-bond donors (Lipinski definition) is 0.